The normalized spacial score (nSPS) is 20.3. The first-order valence-corrected chi connectivity index (χ1v) is 7.32. The van der Waals surface area contributed by atoms with E-state index < -0.39 is 0 Å². The standard InChI is InChI=1S/C18H21NO2/c1-12-8-9-15(17(10-12)20-3)19-18-13(2)11-21-16-7-5-4-6-14(16)18/h4-10,13,18-19H,11H2,1-3H3. The van der Waals surface area contributed by atoms with E-state index in [9.17, 15) is 0 Å². The van der Waals surface area contributed by atoms with Crippen molar-refractivity contribution in [2.24, 2.45) is 5.92 Å². The molecule has 0 fully saturated rings. The third-order valence-corrected chi connectivity index (χ3v) is 3.99. The molecule has 110 valence electrons. The zero-order valence-corrected chi connectivity index (χ0v) is 12.7. The summed E-state index contributed by atoms with van der Waals surface area (Å²) in [5.41, 5.74) is 3.42. The maximum Gasteiger partial charge on any atom is 0.142 e. The van der Waals surface area contributed by atoms with Gasteiger partial charge in [-0.2, -0.15) is 0 Å². The molecular formula is C18H21NO2. The van der Waals surface area contributed by atoms with Gasteiger partial charge in [0.05, 0.1) is 25.4 Å². The van der Waals surface area contributed by atoms with Gasteiger partial charge in [-0.05, 0) is 30.7 Å². The van der Waals surface area contributed by atoms with Gasteiger partial charge in [0.25, 0.3) is 0 Å². The molecule has 1 heterocycles. The summed E-state index contributed by atoms with van der Waals surface area (Å²) in [6, 6.07) is 14.7. The Bertz CT molecular complexity index is 639. The van der Waals surface area contributed by atoms with E-state index >= 15 is 0 Å². The maximum atomic E-state index is 5.81. The van der Waals surface area contributed by atoms with Crippen LogP contribution >= 0.6 is 0 Å². The van der Waals surface area contributed by atoms with Gasteiger partial charge in [0.15, 0.2) is 0 Å². The fourth-order valence-corrected chi connectivity index (χ4v) is 2.80. The second-order valence-electron chi connectivity index (χ2n) is 5.65. The molecule has 0 amide bonds. The van der Waals surface area contributed by atoms with Crippen molar-refractivity contribution in [1.82, 2.24) is 0 Å². The zero-order valence-electron chi connectivity index (χ0n) is 12.7. The molecule has 1 aliphatic heterocycles. The molecule has 0 spiro atoms. The van der Waals surface area contributed by atoms with E-state index in [1.165, 1.54) is 11.1 Å². The Morgan fingerprint density at radius 2 is 2.00 bits per heavy atom. The van der Waals surface area contributed by atoms with E-state index in [4.69, 9.17) is 9.47 Å². The lowest BCUT2D eigenvalue weighted by Crippen LogP contribution is -2.28. The van der Waals surface area contributed by atoms with Gasteiger partial charge in [-0.3, -0.25) is 0 Å². The average molecular weight is 283 g/mol. The molecule has 3 nitrogen and oxygen atoms in total. The van der Waals surface area contributed by atoms with Crippen LogP contribution in [0.1, 0.15) is 24.1 Å². The van der Waals surface area contributed by atoms with Crippen LogP contribution in [0.25, 0.3) is 0 Å². The highest BCUT2D eigenvalue weighted by Crippen LogP contribution is 2.39. The molecule has 2 unspecified atom stereocenters. The highest BCUT2D eigenvalue weighted by molar-refractivity contribution is 5.59. The van der Waals surface area contributed by atoms with Gasteiger partial charge in [0, 0.05) is 11.5 Å². The van der Waals surface area contributed by atoms with E-state index in [0.29, 0.717) is 5.92 Å². The molecule has 3 rings (SSSR count). The van der Waals surface area contributed by atoms with Crippen molar-refractivity contribution in [3.63, 3.8) is 0 Å². The Hall–Kier alpha value is -2.16. The molecule has 0 aliphatic carbocycles. The minimum atomic E-state index is 0.228. The predicted molar refractivity (Wildman–Crippen MR) is 85.2 cm³/mol. The molecular weight excluding hydrogens is 262 g/mol. The van der Waals surface area contributed by atoms with Crippen LogP contribution in [0.2, 0.25) is 0 Å². The van der Waals surface area contributed by atoms with Crippen molar-refractivity contribution in [2.75, 3.05) is 19.0 Å². The summed E-state index contributed by atoms with van der Waals surface area (Å²) in [6.45, 7) is 5.00. The van der Waals surface area contributed by atoms with E-state index in [0.717, 1.165) is 23.8 Å². The van der Waals surface area contributed by atoms with Gasteiger partial charge >= 0.3 is 0 Å². The number of aryl methyl sites for hydroxylation is 1. The van der Waals surface area contributed by atoms with Gasteiger partial charge in [0.2, 0.25) is 0 Å². The number of hydrogen-bond acceptors (Lipinski definition) is 3. The van der Waals surface area contributed by atoms with Crippen LogP contribution in [0.4, 0.5) is 5.69 Å². The number of ether oxygens (including phenoxy) is 2. The van der Waals surface area contributed by atoms with Crippen molar-refractivity contribution in [3.05, 3.63) is 53.6 Å². The van der Waals surface area contributed by atoms with Gasteiger partial charge in [-0.15, -0.1) is 0 Å². The van der Waals surface area contributed by atoms with E-state index in [1.54, 1.807) is 7.11 Å². The van der Waals surface area contributed by atoms with E-state index in [-0.39, 0.29) is 6.04 Å². The quantitative estimate of drug-likeness (QED) is 0.916. The molecule has 2 aromatic carbocycles. The molecule has 0 saturated heterocycles. The number of hydrogen-bond donors (Lipinski definition) is 1. The van der Waals surface area contributed by atoms with Crippen LogP contribution in [0.5, 0.6) is 11.5 Å². The smallest absolute Gasteiger partial charge is 0.142 e. The number of para-hydroxylation sites is 1. The van der Waals surface area contributed by atoms with Crippen molar-refractivity contribution >= 4 is 5.69 Å². The third-order valence-electron chi connectivity index (χ3n) is 3.99. The van der Waals surface area contributed by atoms with Crippen molar-refractivity contribution in [3.8, 4) is 11.5 Å². The van der Waals surface area contributed by atoms with Crippen LogP contribution in [-0.2, 0) is 0 Å². The second-order valence-corrected chi connectivity index (χ2v) is 5.65. The zero-order chi connectivity index (χ0) is 14.8. The van der Waals surface area contributed by atoms with Crippen LogP contribution in [0.3, 0.4) is 0 Å². The SMILES string of the molecule is COc1cc(C)ccc1NC1c2ccccc2OCC1C. The second kappa shape index (κ2) is 5.68. The summed E-state index contributed by atoms with van der Waals surface area (Å²) in [5.74, 6) is 2.25. The molecule has 2 atom stereocenters. The first kappa shape index (κ1) is 13.8. The van der Waals surface area contributed by atoms with Crippen LogP contribution < -0.4 is 14.8 Å². The number of fused-ring (bicyclic) bond motifs is 1. The number of rotatable bonds is 3. The summed E-state index contributed by atoms with van der Waals surface area (Å²) in [7, 11) is 1.71. The largest absolute Gasteiger partial charge is 0.495 e. The van der Waals surface area contributed by atoms with E-state index in [1.807, 2.05) is 12.1 Å². The highest BCUT2D eigenvalue weighted by Gasteiger charge is 2.28. The van der Waals surface area contributed by atoms with Crippen LogP contribution in [0.15, 0.2) is 42.5 Å². The summed E-state index contributed by atoms with van der Waals surface area (Å²) in [5, 5.41) is 3.63. The summed E-state index contributed by atoms with van der Waals surface area (Å²) < 4.78 is 11.3. The minimum absolute atomic E-state index is 0.228. The molecule has 0 saturated carbocycles. The Morgan fingerprint density at radius 1 is 1.19 bits per heavy atom. The fourth-order valence-electron chi connectivity index (χ4n) is 2.80. The monoisotopic (exact) mass is 283 g/mol. The number of benzene rings is 2. The summed E-state index contributed by atoms with van der Waals surface area (Å²) >= 11 is 0. The Kier molecular flexibility index (Phi) is 3.74. The molecule has 0 radical (unpaired) electrons. The number of anilines is 1. The molecule has 3 heteroatoms. The van der Waals surface area contributed by atoms with Crippen molar-refractivity contribution in [1.29, 1.82) is 0 Å². The summed E-state index contributed by atoms with van der Waals surface area (Å²) in [4.78, 5) is 0. The number of nitrogens with one attached hydrogen (secondary N) is 1. The summed E-state index contributed by atoms with van der Waals surface area (Å²) in [6.07, 6.45) is 0. The molecule has 1 aliphatic rings. The first-order valence-electron chi connectivity index (χ1n) is 7.32. The Labute approximate surface area is 125 Å². The van der Waals surface area contributed by atoms with Gasteiger partial charge in [-0.25, -0.2) is 0 Å². The van der Waals surface area contributed by atoms with Gasteiger partial charge in [0.1, 0.15) is 11.5 Å². The van der Waals surface area contributed by atoms with Crippen LogP contribution in [-0.4, -0.2) is 13.7 Å². The molecule has 0 aromatic heterocycles. The average Bonchev–Trinajstić information content (AvgIpc) is 2.51. The third kappa shape index (κ3) is 2.68. The molecule has 0 bridgehead atoms. The Morgan fingerprint density at radius 3 is 2.81 bits per heavy atom. The van der Waals surface area contributed by atoms with Gasteiger partial charge in [-0.1, -0.05) is 31.2 Å². The predicted octanol–water partition coefficient (Wildman–Crippen LogP) is 4.19. The molecule has 1 N–H and O–H groups in total. The van der Waals surface area contributed by atoms with Crippen LogP contribution in [0, 0.1) is 12.8 Å². The lowest BCUT2D eigenvalue weighted by Gasteiger charge is -2.33. The molecule has 2 aromatic rings. The lowest BCUT2D eigenvalue weighted by atomic mass is 9.91. The van der Waals surface area contributed by atoms with Crippen molar-refractivity contribution in [2.45, 2.75) is 19.9 Å². The Balaban J connectivity index is 1.94. The minimum Gasteiger partial charge on any atom is -0.495 e. The fraction of sp³-hybridized carbons (Fsp3) is 0.333. The first-order chi connectivity index (χ1) is 10.2. The maximum absolute atomic E-state index is 5.81. The molecule has 21 heavy (non-hydrogen) atoms. The van der Waals surface area contributed by atoms with Crippen molar-refractivity contribution < 1.29 is 9.47 Å². The van der Waals surface area contributed by atoms with Gasteiger partial charge < -0.3 is 14.8 Å². The lowest BCUT2D eigenvalue weighted by molar-refractivity contribution is 0.214. The number of methoxy groups -OCH3 is 1. The topological polar surface area (TPSA) is 30.5 Å². The van der Waals surface area contributed by atoms with E-state index in [2.05, 4.69) is 49.5 Å². The highest BCUT2D eigenvalue weighted by atomic mass is 16.5.